The Kier molecular flexibility index (Phi) is 6.46. The predicted octanol–water partition coefficient (Wildman–Crippen LogP) is 5.90. The first-order chi connectivity index (χ1) is 10.9. The molecule has 4 heteroatoms. The minimum atomic E-state index is -1.59. The first kappa shape index (κ1) is 16.9. The van der Waals surface area contributed by atoms with Gasteiger partial charge in [0.1, 0.15) is 17.2 Å². The van der Waals surface area contributed by atoms with Gasteiger partial charge in [-0.1, -0.05) is 62.0 Å². The molecule has 0 heterocycles. The Morgan fingerprint density at radius 1 is 0.435 bits per heavy atom. The van der Waals surface area contributed by atoms with Crippen molar-refractivity contribution < 1.29 is 13.6 Å². The summed E-state index contributed by atoms with van der Waals surface area (Å²) in [5.41, 5.74) is 0. The number of benzene rings is 3. The molecule has 0 aromatic heterocycles. The second-order valence-corrected chi connectivity index (χ2v) is 5.43. The molecule has 0 spiro atoms. The van der Waals surface area contributed by atoms with Crippen LogP contribution in [-0.2, 0) is 0 Å². The summed E-state index contributed by atoms with van der Waals surface area (Å²) >= 11 is 0. The predicted molar refractivity (Wildman–Crippen MR) is 94.5 cm³/mol. The van der Waals surface area contributed by atoms with Crippen molar-refractivity contribution in [2.45, 2.75) is 0 Å². The third-order valence-electron chi connectivity index (χ3n) is 2.77. The summed E-state index contributed by atoms with van der Waals surface area (Å²) in [4.78, 5) is 0. The number of para-hydroxylation sites is 3. The molecule has 0 bridgehead atoms. The maximum Gasteiger partial charge on any atom is 0.530 e. The van der Waals surface area contributed by atoms with E-state index in [-0.39, 0.29) is 7.43 Å². The Labute approximate surface area is 138 Å². The zero-order chi connectivity index (χ0) is 15.0. The topological polar surface area (TPSA) is 27.7 Å². The summed E-state index contributed by atoms with van der Waals surface area (Å²) in [6.45, 7) is 0. The second-order valence-electron chi connectivity index (χ2n) is 4.44. The van der Waals surface area contributed by atoms with Gasteiger partial charge in [-0.15, -0.1) is 0 Å². The van der Waals surface area contributed by atoms with Gasteiger partial charge in [0.15, 0.2) is 0 Å². The zero-order valence-electron chi connectivity index (χ0n) is 12.8. The van der Waals surface area contributed by atoms with E-state index in [0.29, 0.717) is 17.2 Å². The van der Waals surface area contributed by atoms with Crippen molar-refractivity contribution in [2.24, 2.45) is 0 Å². The van der Waals surface area contributed by atoms with Crippen molar-refractivity contribution in [3.63, 3.8) is 0 Å². The van der Waals surface area contributed by atoms with Crippen LogP contribution < -0.4 is 13.6 Å². The van der Waals surface area contributed by atoms with Crippen LogP contribution in [0.3, 0.4) is 0 Å². The molecule has 0 saturated carbocycles. The van der Waals surface area contributed by atoms with Gasteiger partial charge in [0.2, 0.25) is 0 Å². The van der Waals surface area contributed by atoms with Crippen molar-refractivity contribution in [2.75, 3.05) is 0 Å². The summed E-state index contributed by atoms with van der Waals surface area (Å²) in [5, 5.41) is 0. The highest BCUT2D eigenvalue weighted by atomic mass is 31.2. The Hall–Kier alpha value is -2.51. The van der Waals surface area contributed by atoms with Crippen LogP contribution in [0.25, 0.3) is 0 Å². The molecule has 0 unspecified atom stereocenters. The smallest absolute Gasteiger partial charge is 0.409 e. The van der Waals surface area contributed by atoms with E-state index >= 15 is 0 Å². The first-order valence-electron chi connectivity index (χ1n) is 6.89. The van der Waals surface area contributed by atoms with Gasteiger partial charge < -0.3 is 13.6 Å². The summed E-state index contributed by atoms with van der Waals surface area (Å²) in [7, 11) is -1.59. The number of hydrogen-bond acceptors (Lipinski definition) is 3. The molecule has 3 nitrogen and oxygen atoms in total. The fraction of sp³-hybridized carbons (Fsp3) is 0. The van der Waals surface area contributed by atoms with Gasteiger partial charge >= 0.3 is 8.60 Å². The Balaban J connectivity index is 0.00000192. The fourth-order valence-electron chi connectivity index (χ4n) is 1.76. The van der Waals surface area contributed by atoms with Crippen LogP contribution in [0.4, 0.5) is 0 Å². The summed E-state index contributed by atoms with van der Waals surface area (Å²) in [6.07, 6.45) is 0. The first-order valence-corrected chi connectivity index (χ1v) is 7.99. The van der Waals surface area contributed by atoms with Crippen molar-refractivity contribution in [1.82, 2.24) is 0 Å². The van der Waals surface area contributed by atoms with E-state index in [9.17, 15) is 0 Å². The fourth-order valence-corrected chi connectivity index (χ4v) is 2.75. The van der Waals surface area contributed by atoms with E-state index in [4.69, 9.17) is 13.6 Å². The van der Waals surface area contributed by atoms with Gasteiger partial charge in [-0.25, -0.2) is 0 Å². The summed E-state index contributed by atoms with van der Waals surface area (Å²) < 4.78 is 17.5. The monoisotopic (exact) mass is 325 g/mol. The van der Waals surface area contributed by atoms with E-state index in [0.717, 1.165) is 0 Å². The zero-order valence-corrected chi connectivity index (χ0v) is 13.7. The van der Waals surface area contributed by atoms with Gasteiger partial charge in [-0.05, 0) is 36.4 Å². The molecule has 3 aromatic carbocycles. The Morgan fingerprint density at radius 2 is 0.696 bits per heavy atom. The lowest BCUT2D eigenvalue weighted by molar-refractivity contribution is 0.388. The lowest BCUT2D eigenvalue weighted by Gasteiger charge is -2.17. The van der Waals surface area contributed by atoms with Crippen molar-refractivity contribution in [3.05, 3.63) is 98.4 Å². The molecular formula is C19H18O3P. The molecule has 23 heavy (non-hydrogen) atoms. The molecule has 0 atom stereocenters. The number of rotatable bonds is 6. The Bertz CT molecular complexity index is 576. The molecule has 0 amide bonds. The van der Waals surface area contributed by atoms with E-state index in [1.54, 1.807) is 0 Å². The highest BCUT2D eigenvalue weighted by Gasteiger charge is 2.19. The van der Waals surface area contributed by atoms with Gasteiger partial charge in [0, 0.05) is 0 Å². The van der Waals surface area contributed by atoms with Gasteiger partial charge in [-0.2, -0.15) is 0 Å². The molecule has 0 aliphatic carbocycles. The molecule has 0 fully saturated rings. The van der Waals surface area contributed by atoms with Crippen molar-refractivity contribution >= 4 is 8.60 Å². The molecule has 3 aromatic rings. The van der Waals surface area contributed by atoms with Crippen molar-refractivity contribution in [1.29, 1.82) is 0 Å². The molecule has 3 rings (SSSR count). The van der Waals surface area contributed by atoms with Crippen LogP contribution in [0.1, 0.15) is 0 Å². The molecular weight excluding hydrogens is 307 g/mol. The molecule has 0 N–H and O–H groups in total. The van der Waals surface area contributed by atoms with Gasteiger partial charge in [0.05, 0.1) is 0 Å². The summed E-state index contributed by atoms with van der Waals surface area (Å²) in [6, 6.07) is 28.5. The van der Waals surface area contributed by atoms with Gasteiger partial charge in [0.25, 0.3) is 0 Å². The third-order valence-corrected chi connectivity index (χ3v) is 3.85. The largest absolute Gasteiger partial charge is 0.530 e. The normalized spacial score (nSPS) is 9.78. The molecule has 0 aliphatic rings. The van der Waals surface area contributed by atoms with Crippen LogP contribution in [0.5, 0.6) is 17.2 Å². The maximum atomic E-state index is 5.84. The molecule has 1 radical (unpaired) electrons. The molecule has 0 saturated heterocycles. The SMILES string of the molecule is [CH3].c1ccc(OP(Oc2ccccc2)Oc2ccccc2)cc1. The minimum absolute atomic E-state index is 0. The highest BCUT2D eigenvalue weighted by molar-refractivity contribution is 7.43. The van der Waals surface area contributed by atoms with Crippen LogP contribution in [0.15, 0.2) is 91.0 Å². The molecule has 117 valence electrons. The van der Waals surface area contributed by atoms with Crippen LogP contribution >= 0.6 is 8.60 Å². The van der Waals surface area contributed by atoms with Crippen LogP contribution in [-0.4, -0.2) is 0 Å². The maximum absolute atomic E-state index is 5.84. The van der Waals surface area contributed by atoms with Gasteiger partial charge in [-0.3, -0.25) is 0 Å². The standard InChI is InChI=1S/C18H15O3P.CH3/c1-4-10-16(11-5-1)19-22(20-17-12-6-2-7-13-17)21-18-14-8-3-9-15-18;/h1-15H;1H3. The lowest BCUT2D eigenvalue weighted by atomic mass is 10.3. The highest BCUT2D eigenvalue weighted by Crippen LogP contribution is 2.41. The Morgan fingerprint density at radius 3 is 0.957 bits per heavy atom. The minimum Gasteiger partial charge on any atom is -0.409 e. The van der Waals surface area contributed by atoms with Crippen LogP contribution in [0, 0.1) is 7.43 Å². The summed E-state index contributed by atoms with van der Waals surface area (Å²) in [5.74, 6) is 2.13. The van der Waals surface area contributed by atoms with Crippen molar-refractivity contribution in [3.8, 4) is 17.2 Å². The van der Waals surface area contributed by atoms with E-state index in [1.165, 1.54) is 0 Å². The van der Waals surface area contributed by atoms with E-state index in [2.05, 4.69) is 0 Å². The number of hydrogen-bond donors (Lipinski definition) is 0. The average molecular weight is 325 g/mol. The van der Waals surface area contributed by atoms with Crippen LogP contribution in [0.2, 0.25) is 0 Å². The molecule has 0 aliphatic heterocycles. The van der Waals surface area contributed by atoms with E-state index in [1.807, 2.05) is 91.0 Å². The average Bonchev–Trinajstić information content (AvgIpc) is 2.57. The second kappa shape index (κ2) is 8.82. The van der Waals surface area contributed by atoms with E-state index < -0.39 is 8.60 Å². The lowest BCUT2D eigenvalue weighted by Crippen LogP contribution is -2.02. The third kappa shape index (κ3) is 5.32. The quantitative estimate of drug-likeness (QED) is 0.528.